The minimum atomic E-state index is 1.05. The van der Waals surface area contributed by atoms with Gasteiger partial charge in [0.05, 0.1) is 7.11 Å². The molecule has 0 aromatic heterocycles. The van der Waals surface area contributed by atoms with Gasteiger partial charge in [-0.05, 0) is 24.3 Å². The molecule has 1 aromatic carbocycles. The lowest BCUT2D eigenvalue weighted by Gasteiger charge is -2.10. The van der Waals surface area contributed by atoms with Crippen molar-refractivity contribution in [3.8, 4) is 5.75 Å². The summed E-state index contributed by atoms with van der Waals surface area (Å²) < 4.78 is 5.40. The van der Waals surface area contributed by atoms with E-state index in [1.807, 2.05) is 0 Å². The molecular weight excluding hydrogens is 180 g/mol. The first-order valence-electron chi connectivity index (χ1n) is 4.53. The Bertz CT molecular complexity index is 271. The molecule has 1 rings (SSSR count). The molecule has 0 bridgehead atoms. The first-order valence-corrected chi connectivity index (χ1v) is 5.75. The van der Waals surface area contributed by atoms with E-state index in [-0.39, 0.29) is 0 Å². The van der Waals surface area contributed by atoms with Crippen LogP contribution in [0.15, 0.2) is 23.1 Å². The summed E-state index contributed by atoms with van der Waals surface area (Å²) in [7, 11) is 1.74. The number of rotatable bonds is 4. The maximum Gasteiger partial charge on any atom is 0.135 e. The van der Waals surface area contributed by atoms with E-state index in [9.17, 15) is 0 Å². The molecule has 0 spiro atoms. The van der Waals surface area contributed by atoms with Crippen molar-refractivity contribution in [2.75, 3.05) is 13.4 Å². The molecule has 0 heterocycles. The topological polar surface area (TPSA) is 9.23 Å². The molecule has 0 aliphatic carbocycles. The zero-order chi connectivity index (χ0) is 9.68. The summed E-state index contributed by atoms with van der Waals surface area (Å²) in [5.74, 6) is 1.05. The van der Waals surface area contributed by atoms with Crippen molar-refractivity contribution in [2.24, 2.45) is 0 Å². The highest BCUT2D eigenvalue weighted by Gasteiger charge is 2.06. The van der Waals surface area contributed by atoms with Crippen LogP contribution in [0.1, 0.15) is 18.9 Å². The third-order valence-electron chi connectivity index (χ3n) is 2.00. The van der Waals surface area contributed by atoms with Gasteiger partial charge in [0, 0.05) is 4.90 Å². The second-order valence-corrected chi connectivity index (χ2v) is 3.75. The number of hydrogen-bond donors (Lipinski definition) is 0. The summed E-state index contributed by atoms with van der Waals surface area (Å²) in [5, 5.41) is 0. The zero-order valence-electron chi connectivity index (χ0n) is 8.46. The Hall–Kier alpha value is -0.630. The molecule has 0 saturated heterocycles. The fourth-order valence-corrected chi connectivity index (χ4v) is 2.03. The third kappa shape index (κ3) is 2.41. The number of hydrogen-bond acceptors (Lipinski definition) is 2. The average molecular weight is 196 g/mol. The molecule has 0 atom stereocenters. The lowest BCUT2D eigenvalue weighted by molar-refractivity contribution is 0.399. The quantitative estimate of drug-likeness (QED) is 0.683. The molecule has 0 unspecified atom stereocenters. The van der Waals surface area contributed by atoms with E-state index in [2.05, 4.69) is 31.4 Å². The van der Waals surface area contributed by atoms with Crippen LogP contribution in [0.5, 0.6) is 5.75 Å². The predicted octanol–water partition coefficient (Wildman–Crippen LogP) is 3.37. The van der Waals surface area contributed by atoms with Gasteiger partial charge in [0.15, 0.2) is 0 Å². The van der Waals surface area contributed by atoms with Crippen LogP contribution in [0.4, 0.5) is 0 Å². The highest BCUT2D eigenvalue weighted by atomic mass is 32.2. The van der Waals surface area contributed by atoms with Crippen LogP contribution >= 0.6 is 11.8 Å². The van der Waals surface area contributed by atoms with Gasteiger partial charge < -0.3 is 4.74 Å². The number of para-hydroxylation sites is 1. The van der Waals surface area contributed by atoms with E-state index in [1.165, 1.54) is 10.5 Å². The van der Waals surface area contributed by atoms with Gasteiger partial charge in [-0.1, -0.05) is 25.5 Å². The van der Waals surface area contributed by atoms with Crippen molar-refractivity contribution < 1.29 is 4.74 Å². The van der Waals surface area contributed by atoms with Gasteiger partial charge in [-0.3, -0.25) is 0 Å². The van der Waals surface area contributed by atoms with Crippen LogP contribution in [0, 0.1) is 0 Å². The first-order chi connectivity index (χ1) is 6.33. The third-order valence-corrected chi connectivity index (χ3v) is 2.77. The Morgan fingerprint density at radius 1 is 1.38 bits per heavy atom. The van der Waals surface area contributed by atoms with Crippen LogP contribution in [0.2, 0.25) is 0 Å². The molecule has 1 aromatic rings. The Morgan fingerprint density at radius 2 is 2.15 bits per heavy atom. The minimum Gasteiger partial charge on any atom is -0.495 e. The summed E-state index contributed by atoms with van der Waals surface area (Å²) in [4.78, 5) is 1.23. The molecule has 0 aliphatic heterocycles. The van der Waals surface area contributed by atoms with E-state index >= 15 is 0 Å². The zero-order valence-corrected chi connectivity index (χ0v) is 9.28. The lowest BCUT2D eigenvalue weighted by atomic mass is 10.1. The van der Waals surface area contributed by atoms with Gasteiger partial charge in [-0.2, -0.15) is 0 Å². The van der Waals surface area contributed by atoms with Crippen molar-refractivity contribution in [3.05, 3.63) is 23.8 Å². The van der Waals surface area contributed by atoms with Gasteiger partial charge in [-0.15, -0.1) is 11.8 Å². The molecule has 0 aliphatic rings. The molecular formula is C11H16OS. The Labute approximate surface area is 84.5 Å². The normalized spacial score (nSPS) is 10.1. The smallest absolute Gasteiger partial charge is 0.135 e. The molecule has 0 radical (unpaired) electrons. The van der Waals surface area contributed by atoms with Gasteiger partial charge >= 0.3 is 0 Å². The SMILES string of the molecule is CCCc1cccc(SC)c1OC. The highest BCUT2D eigenvalue weighted by Crippen LogP contribution is 2.31. The molecule has 72 valence electrons. The second kappa shape index (κ2) is 5.18. The van der Waals surface area contributed by atoms with E-state index < -0.39 is 0 Å². The van der Waals surface area contributed by atoms with E-state index in [1.54, 1.807) is 18.9 Å². The fourth-order valence-electron chi connectivity index (χ4n) is 1.42. The van der Waals surface area contributed by atoms with E-state index in [4.69, 9.17) is 4.74 Å². The molecule has 0 N–H and O–H groups in total. The predicted molar refractivity (Wildman–Crippen MR) is 58.8 cm³/mol. The van der Waals surface area contributed by atoms with Crippen LogP contribution in [-0.2, 0) is 6.42 Å². The maximum absolute atomic E-state index is 5.40. The van der Waals surface area contributed by atoms with Crippen molar-refractivity contribution in [1.82, 2.24) is 0 Å². The standard InChI is InChI=1S/C11H16OS/c1-4-6-9-7-5-8-10(13-3)11(9)12-2/h5,7-8H,4,6H2,1-3H3. The number of benzene rings is 1. The van der Waals surface area contributed by atoms with Crippen molar-refractivity contribution in [2.45, 2.75) is 24.7 Å². The van der Waals surface area contributed by atoms with E-state index in [0.29, 0.717) is 0 Å². The van der Waals surface area contributed by atoms with Crippen LogP contribution in [0.3, 0.4) is 0 Å². The molecule has 13 heavy (non-hydrogen) atoms. The highest BCUT2D eigenvalue weighted by molar-refractivity contribution is 7.98. The summed E-state index contributed by atoms with van der Waals surface area (Å²) in [5.41, 5.74) is 1.32. The fraction of sp³-hybridized carbons (Fsp3) is 0.455. The number of ether oxygens (including phenoxy) is 1. The van der Waals surface area contributed by atoms with Gasteiger partial charge in [0.1, 0.15) is 5.75 Å². The van der Waals surface area contributed by atoms with Gasteiger partial charge in [-0.25, -0.2) is 0 Å². The minimum absolute atomic E-state index is 1.05. The van der Waals surface area contributed by atoms with Gasteiger partial charge in [0.2, 0.25) is 0 Å². The molecule has 2 heteroatoms. The van der Waals surface area contributed by atoms with Crippen LogP contribution < -0.4 is 4.74 Å². The van der Waals surface area contributed by atoms with Crippen LogP contribution in [-0.4, -0.2) is 13.4 Å². The summed E-state index contributed by atoms with van der Waals surface area (Å²) >= 11 is 1.74. The summed E-state index contributed by atoms with van der Waals surface area (Å²) in [6.07, 6.45) is 4.33. The molecule has 1 nitrogen and oxygen atoms in total. The summed E-state index contributed by atoms with van der Waals surface area (Å²) in [6, 6.07) is 6.34. The first kappa shape index (κ1) is 10.5. The number of thioether (sulfide) groups is 1. The molecule has 0 amide bonds. The average Bonchev–Trinajstić information content (AvgIpc) is 2.18. The number of methoxy groups -OCH3 is 1. The molecule has 0 saturated carbocycles. The van der Waals surface area contributed by atoms with Crippen molar-refractivity contribution in [1.29, 1.82) is 0 Å². The number of aryl methyl sites for hydroxylation is 1. The largest absolute Gasteiger partial charge is 0.495 e. The second-order valence-electron chi connectivity index (χ2n) is 2.90. The Balaban J connectivity index is 3.03. The monoisotopic (exact) mass is 196 g/mol. The lowest BCUT2D eigenvalue weighted by Crippen LogP contribution is -1.93. The van der Waals surface area contributed by atoms with Crippen molar-refractivity contribution in [3.63, 3.8) is 0 Å². The van der Waals surface area contributed by atoms with E-state index in [0.717, 1.165) is 18.6 Å². The Kier molecular flexibility index (Phi) is 4.16. The maximum atomic E-state index is 5.40. The van der Waals surface area contributed by atoms with Crippen molar-refractivity contribution >= 4 is 11.8 Å². The summed E-state index contributed by atoms with van der Waals surface area (Å²) in [6.45, 7) is 2.19. The molecule has 0 fully saturated rings. The van der Waals surface area contributed by atoms with Gasteiger partial charge in [0.25, 0.3) is 0 Å². The van der Waals surface area contributed by atoms with Crippen LogP contribution in [0.25, 0.3) is 0 Å². The Morgan fingerprint density at radius 3 is 2.69 bits per heavy atom.